The van der Waals surface area contributed by atoms with Crippen LogP contribution in [0.25, 0.3) is 0 Å². The minimum atomic E-state index is -0.530. The molecule has 0 saturated heterocycles. The van der Waals surface area contributed by atoms with Gasteiger partial charge in [-0.25, -0.2) is 0 Å². The minimum Gasteiger partial charge on any atom is -0.484 e. The molecular weight excluding hydrogens is 352 g/mol. The van der Waals surface area contributed by atoms with Crippen molar-refractivity contribution in [2.45, 2.75) is 6.92 Å². The van der Waals surface area contributed by atoms with Gasteiger partial charge in [-0.2, -0.15) is 0 Å². The van der Waals surface area contributed by atoms with Crippen LogP contribution in [0.1, 0.15) is 5.56 Å². The van der Waals surface area contributed by atoms with Crippen LogP contribution in [0.2, 0.25) is 0 Å². The molecule has 0 aliphatic heterocycles. The van der Waals surface area contributed by atoms with Gasteiger partial charge in [0.15, 0.2) is 6.61 Å². The van der Waals surface area contributed by atoms with Gasteiger partial charge in [-0.3, -0.25) is 14.9 Å². The number of nitrogens with one attached hydrogen (secondary N) is 1. The number of nitro groups is 1. The molecule has 0 atom stereocenters. The molecule has 0 bridgehead atoms. The SMILES string of the molecule is Cc1ccc(NC(=O)COc2ccc(Br)cc2)c([N+](=O)[O-])c1. The van der Waals surface area contributed by atoms with E-state index in [2.05, 4.69) is 21.2 Å². The molecule has 2 aromatic rings. The third kappa shape index (κ3) is 4.29. The van der Waals surface area contributed by atoms with E-state index >= 15 is 0 Å². The third-order valence-corrected chi connectivity index (χ3v) is 3.34. The fourth-order valence-electron chi connectivity index (χ4n) is 1.76. The molecule has 0 saturated carbocycles. The Balaban J connectivity index is 2.00. The van der Waals surface area contributed by atoms with E-state index in [9.17, 15) is 14.9 Å². The molecule has 0 aliphatic rings. The Bertz CT molecular complexity index is 701. The van der Waals surface area contributed by atoms with Crippen molar-refractivity contribution in [3.8, 4) is 5.75 Å². The van der Waals surface area contributed by atoms with Gasteiger partial charge in [-0.05, 0) is 42.8 Å². The number of carbonyl (C=O) groups is 1. The highest BCUT2D eigenvalue weighted by atomic mass is 79.9. The highest BCUT2D eigenvalue weighted by molar-refractivity contribution is 9.10. The number of ether oxygens (including phenoxy) is 1. The summed E-state index contributed by atoms with van der Waals surface area (Å²) in [4.78, 5) is 22.3. The lowest BCUT2D eigenvalue weighted by Crippen LogP contribution is -2.20. The van der Waals surface area contributed by atoms with Crippen molar-refractivity contribution in [2.24, 2.45) is 0 Å². The van der Waals surface area contributed by atoms with E-state index in [-0.39, 0.29) is 18.0 Å². The second-order valence-corrected chi connectivity index (χ2v) is 5.48. The molecular formula is C15H13BrN2O4. The van der Waals surface area contributed by atoms with Crippen molar-refractivity contribution in [3.05, 3.63) is 62.6 Å². The molecule has 0 fully saturated rings. The molecule has 6 nitrogen and oxygen atoms in total. The maximum Gasteiger partial charge on any atom is 0.293 e. The Hall–Kier alpha value is -2.41. The number of amides is 1. The summed E-state index contributed by atoms with van der Waals surface area (Å²) < 4.78 is 6.22. The van der Waals surface area contributed by atoms with Gasteiger partial charge in [0.2, 0.25) is 0 Å². The van der Waals surface area contributed by atoms with E-state index < -0.39 is 10.8 Å². The Morgan fingerprint density at radius 1 is 1.27 bits per heavy atom. The molecule has 0 aromatic heterocycles. The Kier molecular flexibility index (Phi) is 5.11. The number of hydrogen-bond acceptors (Lipinski definition) is 4. The zero-order chi connectivity index (χ0) is 16.1. The molecule has 0 radical (unpaired) electrons. The zero-order valence-corrected chi connectivity index (χ0v) is 13.3. The van der Waals surface area contributed by atoms with Gasteiger partial charge in [-0.15, -0.1) is 0 Å². The minimum absolute atomic E-state index is 0.142. The van der Waals surface area contributed by atoms with Crippen LogP contribution >= 0.6 is 15.9 Å². The molecule has 114 valence electrons. The van der Waals surface area contributed by atoms with Crippen molar-refractivity contribution in [1.29, 1.82) is 0 Å². The maximum absolute atomic E-state index is 11.8. The number of benzene rings is 2. The summed E-state index contributed by atoms with van der Waals surface area (Å²) in [5.74, 6) is 0.0756. The van der Waals surface area contributed by atoms with Gasteiger partial charge in [0, 0.05) is 10.5 Å². The lowest BCUT2D eigenvalue weighted by atomic mass is 10.2. The van der Waals surface area contributed by atoms with E-state index in [0.29, 0.717) is 5.75 Å². The van der Waals surface area contributed by atoms with Gasteiger partial charge in [-0.1, -0.05) is 22.0 Å². The molecule has 7 heteroatoms. The average Bonchev–Trinajstić information content (AvgIpc) is 2.48. The molecule has 2 rings (SSSR count). The van der Waals surface area contributed by atoms with Crippen molar-refractivity contribution in [1.82, 2.24) is 0 Å². The van der Waals surface area contributed by atoms with Crippen LogP contribution in [0.4, 0.5) is 11.4 Å². The first-order valence-electron chi connectivity index (χ1n) is 6.39. The maximum atomic E-state index is 11.8. The molecule has 2 aromatic carbocycles. The molecule has 0 unspecified atom stereocenters. The van der Waals surface area contributed by atoms with Gasteiger partial charge in [0.1, 0.15) is 11.4 Å². The largest absolute Gasteiger partial charge is 0.484 e. The van der Waals surface area contributed by atoms with Crippen LogP contribution in [0, 0.1) is 17.0 Å². The number of halogens is 1. The van der Waals surface area contributed by atoms with Crippen LogP contribution in [0.5, 0.6) is 5.75 Å². The molecule has 22 heavy (non-hydrogen) atoms. The van der Waals surface area contributed by atoms with Crippen LogP contribution in [-0.4, -0.2) is 17.4 Å². The predicted octanol–water partition coefficient (Wildman–Crippen LogP) is 3.68. The van der Waals surface area contributed by atoms with Gasteiger partial charge in [0.25, 0.3) is 11.6 Å². The lowest BCUT2D eigenvalue weighted by Gasteiger charge is -2.08. The Labute approximate surface area is 135 Å². The van der Waals surface area contributed by atoms with E-state index in [4.69, 9.17) is 4.74 Å². The zero-order valence-electron chi connectivity index (χ0n) is 11.7. The van der Waals surface area contributed by atoms with E-state index in [1.165, 1.54) is 12.1 Å². The summed E-state index contributed by atoms with van der Waals surface area (Å²) in [7, 11) is 0. The number of aryl methyl sites for hydroxylation is 1. The topological polar surface area (TPSA) is 81.5 Å². The number of carbonyl (C=O) groups excluding carboxylic acids is 1. The fourth-order valence-corrected chi connectivity index (χ4v) is 2.03. The molecule has 1 N–H and O–H groups in total. The van der Waals surface area contributed by atoms with Crippen molar-refractivity contribution in [2.75, 3.05) is 11.9 Å². The number of rotatable bonds is 5. The first-order valence-corrected chi connectivity index (χ1v) is 7.18. The van der Waals surface area contributed by atoms with E-state index in [1.807, 2.05) is 0 Å². The summed E-state index contributed by atoms with van der Waals surface area (Å²) in [6.45, 7) is 1.52. The van der Waals surface area contributed by atoms with Crippen molar-refractivity contribution >= 4 is 33.2 Å². The van der Waals surface area contributed by atoms with Crippen LogP contribution < -0.4 is 10.1 Å². The second-order valence-electron chi connectivity index (χ2n) is 4.57. The summed E-state index contributed by atoms with van der Waals surface area (Å²) in [5, 5.41) is 13.5. The summed E-state index contributed by atoms with van der Waals surface area (Å²) in [5.41, 5.74) is 0.757. The molecule has 0 spiro atoms. The predicted molar refractivity (Wildman–Crippen MR) is 86.1 cm³/mol. The highest BCUT2D eigenvalue weighted by Crippen LogP contribution is 2.25. The lowest BCUT2D eigenvalue weighted by molar-refractivity contribution is -0.384. The number of nitro benzene ring substituents is 1. The molecule has 0 aliphatic carbocycles. The van der Waals surface area contributed by atoms with Crippen molar-refractivity contribution in [3.63, 3.8) is 0 Å². The second kappa shape index (κ2) is 7.04. The Morgan fingerprint density at radius 2 is 1.95 bits per heavy atom. The first-order chi connectivity index (χ1) is 10.5. The van der Waals surface area contributed by atoms with Crippen LogP contribution in [-0.2, 0) is 4.79 Å². The number of anilines is 1. The monoisotopic (exact) mass is 364 g/mol. The van der Waals surface area contributed by atoms with Crippen molar-refractivity contribution < 1.29 is 14.5 Å². The van der Waals surface area contributed by atoms with Gasteiger partial charge < -0.3 is 10.1 Å². The van der Waals surface area contributed by atoms with Gasteiger partial charge in [0.05, 0.1) is 4.92 Å². The smallest absolute Gasteiger partial charge is 0.293 e. The number of nitrogens with zero attached hydrogens (tertiary/aromatic N) is 1. The van der Waals surface area contributed by atoms with E-state index in [1.54, 1.807) is 37.3 Å². The first kappa shape index (κ1) is 16.0. The Morgan fingerprint density at radius 3 is 2.59 bits per heavy atom. The van der Waals surface area contributed by atoms with Crippen LogP contribution in [0.3, 0.4) is 0 Å². The van der Waals surface area contributed by atoms with Gasteiger partial charge >= 0.3 is 0 Å². The fraction of sp³-hybridized carbons (Fsp3) is 0.133. The third-order valence-electron chi connectivity index (χ3n) is 2.81. The summed E-state index contributed by atoms with van der Waals surface area (Å²) >= 11 is 3.30. The average molecular weight is 365 g/mol. The summed E-state index contributed by atoms with van der Waals surface area (Å²) in [6.07, 6.45) is 0. The number of hydrogen-bond donors (Lipinski definition) is 1. The molecule has 0 heterocycles. The highest BCUT2D eigenvalue weighted by Gasteiger charge is 2.16. The normalized spacial score (nSPS) is 10.1. The summed E-state index contributed by atoms with van der Waals surface area (Å²) in [6, 6.07) is 11.6. The van der Waals surface area contributed by atoms with E-state index in [0.717, 1.165) is 10.0 Å². The molecule has 1 amide bonds. The van der Waals surface area contributed by atoms with Crippen LogP contribution in [0.15, 0.2) is 46.9 Å². The quantitative estimate of drug-likeness (QED) is 0.647. The standard InChI is InChI=1S/C15H13BrN2O4/c1-10-2-7-13(14(8-10)18(20)21)17-15(19)9-22-12-5-3-11(16)4-6-12/h2-8H,9H2,1H3,(H,17,19).